The van der Waals surface area contributed by atoms with E-state index in [0.29, 0.717) is 27.8 Å². The van der Waals surface area contributed by atoms with Crippen molar-refractivity contribution in [3.05, 3.63) is 99.0 Å². The molecule has 2 saturated carbocycles. The van der Waals surface area contributed by atoms with Crippen molar-refractivity contribution in [3.63, 3.8) is 0 Å². The molecule has 4 aromatic rings. The van der Waals surface area contributed by atoms with Crippen LogP contribution in [0.5, 0.6) is 0 Å². The molecular weight excluding hydrogens is 627 g/mol. The van der Waals surface area contributed by atoms with E-state index in [0.717, 1.165) is 42.4 Å². The van der Waals surface area contributed by atoms with Crippen molar-refractivity contribution in [1.29, 1.82) is 0 Å². The second kappa shape index (κ2) is 12.5. The predicted octanol–water partition coefficient (Wildman–Crippen LogP) is 6.91. The van der Waals surface area contributed by atoms with Crippen molar-refractivity contribution in [2.75, 3.05) is 0 Å². The van der Waals surface area contributed by atoms with E-state index < -0.39 is 16.1 Å². The highest BCUT2D eigenvalue weighted by molar-refractivity contribution is 7.71. The molecular formula is C31H35Cl3N6O2S. The normalized spacial score (nSPS) is 22.5. The Bertz CT molecular complexity index is 1630. The van der Waals surface area contributed by atoms with Crippen LogP contribution in [-0.4, -0.2) is 55.8 Å². The number of nitrogens with zero attached hydrogens (tertiary/aromatic N) is 5. The fourth-order valence-electron chi connectivity index (χ4n) is 5.65. The first kappa shape index (κ1) is 31.9. The van der Waals surface area contributed by atoms with Gasteiger partial charge in [0.2, 0.25) is 4.77 Å². The van der Waals surface area contributed by atoms with Crippen molar-refractivity contribution >= 4 is 53.1 Å². The van der Waals surface area contributed by atoms with Crippen molar-refractivity contribution < 1.29 is 10.2 Å². The van der Waals surface area contributed by atoms with E-state index in [1.807, 2.05) is 48.5 Å². The van der Waals surface area contributed by atoms with E-state index >= 15 is 0 Å². The Morgan fingerprint density at radius 2 is 1.81 bits per heavy atom. The van der Waals surface area contributed by atoms with Gasteiger partial charge in [-0.25, -0.2) is 14.6 Å². The van der Waals surface area contributed by atoms with Gasteiger partial charge < -0.3 is 10.2 Å². The van der Waals surface area contributed by atoms with Gasteiger partial charge in [-0.3, -0.25) is 9.78 Å². The summed E-state index contributed by atoms with van der Waals surface area (Å²) in [5.41, 5.74) is 0.686. The molecule has 2 aromatic carbocycles. The van der Waals surface area contributed by atoms with E-state index in [9.17, 15) is 10.2 Å². The highest BCUT2D eigenvalue weighted by Gasteiger charge is 2.58. The van der Waals surface area contributed by atoms with Crippen LogP contribution in [0.1, 0.15) is 50.7 Å². The van der Waals surface area contributed by atoms with Crippen LogP contribution in [-0.2, 0) is 19.5 Å². The molecule has 0 spiro atoms. The maximum absolute atomic E-state index is 11.4. The lowest BCUT2D eigenvalue weighted by Gasteiger charge is -2.37. The summed E-state index contributed by atoms with van der Waals surface area (Å²) >= 11 is 23.8. The molecule has 6 rings (SSSR count). The number of rotatable bonds is 8. The number of benzene rings is 2. The van der Waals surface area contributed by atoms with Gasteiger partial charge in [0, 0.05) is 16.5 Å². The molecule has 2 heterocycles. The zero-order valence-corrected chi connectivity index (χ0v) is 27.1. The number of hydrogen-bond donors (Lipinski definition) is 3. The molecule has 0 bridgehead atoms. The monoisotopic (exact) mass is 660 g/mol. The van der Waals surface area contributed by atoms with Crippen LogP contribution >= 0.6 is 47.0 Å². The van der Waals surface area contributed by atoms with E-state index in [1.165, 1.54) is 12.7 Å². The fourth-order valence-corrected chi connectivity index (χ4v) is 6.37. The van der Waals surface area contributed by atoms with Crippen molar-refractivity contribution in [2.45, 2.75) is 75.1 Å². The minimum absolute atomic E-state index is 0.211. The molecule has 0 saturated heterocycles. The summed E-state index contributed by atoms with van der Waals surface area (Å²) in [6, 6.07) is 15.2. The third-order valence-corrected chi connectivity index (χ3v) is 10.4. The smallest absolute Gasteiger partial charge is 0.215 e. The topological polar surface area (TPSA) is 105 Å². The van der Waals surface area contributed by atoms with Crippen LogP contribution in [0.3, 0.4) is 0 Å². The number of nitrogens with one attached hydrogen (secondary N) is 1. The third kappa shape index (κ3) is 6.92. The second-order valence-electron chi connectivity index (χ2n) is 12.1. The third-order valence-electron chi connectivity index (χ3n) is 8.74. The van der Waals surface area contributed by atoms with Crippen LogP contribution in [0, 0.1) is 10.2 Å². The Labute approximate surface area is 271 Å². The first-order chi connectivity index (χ1) is 20.3. The minimum atomic E-state index is -1.13. The van der Waals surface area contributed by atoms with E-state index in [4.69, 9.17) is 47.0 Å². The largest absolute Gasteiger partial charge is 0.386 e. The molecule has 3 N–H and O–H groups in total. The fraction of sp³-hybridized carbons (Fsp3) is 0.419. The van der Waals surface area contributed by atoms with Crippen molar-refractivity contribution in [1.82, 2.24) is 29.5 Å². The minimum Gasteiger partial charge on any atom is -0.386 e. The van der Waals surface area contributed by atoms with E-state index in [1.54, 1.807) is 15.7 Å². The highest BCUT2D eigenvalue weighted by atomic mass is 35.5. The molecule has 2 fully saturated rings. The SMILES string of the molecule is CC1(C)CC/C(=C\c2ccc(Cl)cc2)C1(O)Cn1cncn1.OC(Cc1ccccc1Cl)(Cn1[nH]cnc1=S)C1(Cl)CC1. The van der Waals surface area contributed by atoms with Gasteiger partial charge >= 0.3 is 0 Å². The number of hydrogen-bond acceptors (Lipinski definition) is 6. The lowest BCUT2D eigenvalue weighted by molar-refractivity contribution is -0.0298. The van der Waals surface area contributed by atoms with Crippen molar-refractivity contribution in [2.24, 2.45) is 5.41 Å². The summed E-state index contributed by atoms with van der Waals surface area (Å²) in [5.74, 6) is 0. The predicted molar refractivity (Wildman–Crippen MR) is 173 cm³/mol. The Kier molecular flexibility index (Phi) is 9.24. The first-order valence-electron chi connectivity index (χ1n) is 14.1. The van der Waals surface area contributed by atoms with Gasteiger partial charge in [0.1, 0.15) is 30.2 Å². The van der Waals surface area contributed by atoms with Crippen LogP contribution in [0.2, 0.25) is 10.0 Å². The molecule has 2 unspecified atom stereocenters. The molecule has 2 aliphatic rings. The number of H-pyrrole nitrogens is 1. The molecule has 12 heteroatoms. The van der Waals surface area contributed by atoms with Crippen LogP contribution < -0.4 is 0 Å². The van der Waals surface area contributed by atoms with Gasteiger partial charge in [0.15, 0.2) is 0 Å². The van der Waals surface area contributed by atoms with E-state index in [-0.39, 0.29) is 12.0 Å². The Hall–Kier alpha value is -2.53. The van der Waals surface area contributed by atoms with Crippen molar-refractivity contribution in [3.8, 4) is 0 Å². The molecule has 2 aromatic heterocycles. The number of aromatic nitrogens is 6. The Balaban J connectivity index is 0.000000171. The van der Waals surface area contributed by atoms with Crippen LogP contribution in [0.4, 0.5) is 0 Å². The van der Waals surface area contributed by atoms with Gasteiger partial charge in [-0.15, -0.1) is 11.6 Å². The quantitative estimate of drug-likeness (QED) is 0.140. The summed E-state index contributed by atoms with van der Waals surface area (Å²) in [6.45, 7) is 4.89. The molecule has 8 nitrogen and oxygen atoms in total. The highest BCUT2D eigenvalue weighted by Crippen LogP contribution is 2.53. The molecule has 2 atom stereocenters. The van der Waals surface area contributed by atoms with Gasteiger partial charge in [-0.1, -0.05) is 73.5 Å². The summed E-state index contributed by atoms with van der Waals surface area (Å²) < 4.78 is 3.73. The Morgan fingerprint density at radius 1 is 1.09 bits per heavy atom. The standard InChI is InChI=1S/C17H20ClN3O.C14H15Cl2N3OS/c1-16(2)8-7-14(9-13-3-5-15(18)6-4-13)17(16,22)10-21-12-19-11-20-21;15-11-4-2-1-3-10(11)7-14(20,13(16)5-6-13)8-19-12(21)17-9-18-19/h3-6,9,11-12,22H,7-8,10H2,1-2H3;1-4,9,20H,5-8H2,(H,17,18,21)/b14-9+;. The number of alkyl halides is 1. The lowest BCUT2D eigenvalue weighted by atomic mass is 9.76. The van der Waals surface area contributed by atoms with Gasteiger partial charge in [0.05, 0.1) is 18.0 Å². The summed E-state index contributed by atoms with van der Waals surface area (Å²) in [5, 5.41) is 31.0. The summed E-state index contributed by atoms with van der Waals surface area (Å²) in [7, 11) is 0. The van der Waals surface area contributed by atoms with E-state index in [2.05, 4.69) is 40.1 Å². The Morgan fingerprint density at radius 3 is 2.42 bits per heavy atom. The second-order valence-corrected chi connectivity index (χ2v) is 14.0. The number of halogens is 3. The molecule has 0 aliphatic heterocycles. The van der Waals surface area contributed by atoms with Gasteiger partial charge in [0.25, 0.3) is 0 Å². The molecule has 0 radical (unpaired) electrons. The lowest BCUT2D eigenvalue weighted by Crippen LogP contribution is -2.47. The number of aromatic amines is 1. The molecule has 228 valence electrons. The zero-order valence-electron chi connectivity index (χ0n) is 24.1. The van der Waals surface area contributed by atoms with Gasteiger partial charge in [-0.05, 0) is 78.2 Å². The maximum atomic E-state index is 11.4. The average molecular weight is 662 g/mol. The molecule has 2 aliphatic carbocycles. The average Bonchev–Trinajstić information content (AvgIpc) is 3.24. The molecule has 0 amide bonds. The zero-order chi connectivity index (χ0) is 30.9. The van der Waals surface area contributed by atoms with Gasteiger partial charge in [-0.2, -0.15) is 5.10 Å². The summed E-state index contributed by atoms with van der Waals surface area (Å²) in [4.78, 5) is 7.31. The number of aliphatic hydroxyl groups is 2. The maximum Gasteiger partial charge on any atom is 0.215 e. The summed E-state index contributed by atoms with van der Waals surface area (Å²) in [6.07, 6.45) is 10.5. The molecule has 43 heavy (non-hydrogen) atoms. The first-order valence-corrected chi connectivity index (χ1v) is 15.6. The van der Waals surface area contributed by atoms with Crippen LogP contribution in [0.25, 0.3) is 6.08 Å². The van der Waals surface area contributed by atoms with Crippen LogP contribution in [0.15, 0.2) is 73.1 Å².